The van der Waals surface area contributed by atoms with Gasteiger partial charge in [0.25, 0.3) is 0 Å². The molecule has 16 heavy (non-hydrogen) atoms. The minimum Gasteiger partial charge on any atom is -0.345 e. The fourth-order valence-electron chi connectivity index (χ4n) is 1.73. The summed E-state index contributed by atoms with van der Waals surface area (Å²) in [5, 5.41) is 6.61. The van der Waals surface area contributed by atoms with Crippen molar-refractivity contribution in [2.45, 2.75) is 51.0 Å². The van der Waals surface area contributed by atoms with Crippen molar-refractivity contribution in [1.29, 1.82) is 0 Å². The van der Waals surface area contributed by atoms with Gasteiger partial charge in [0.05, 0.1) is 0 Å². The quantitative estimate of drug-likeness (QED) is 0.534. The Hall–Kier alpha value is -1.39. The van der Waals surface area contributed by atoms with Crippen molar-refractivity contribution < 1.29 is 9.59 Å². The maximum atomic E-state index is 11.3. The zero-order chi connectivity index (χ0) is 11.4. The zero-order valence-corrected chi connectivity index (χ0v) is 9.29. The van der Waals surface area contributed by atoms with Crippen molar-refractivity contribution in [1.82, 2.24) is 10.7 Å². The van der Waals surface area contributed by atoms with Gasteiger partial charge in [0.2, 0.25) is 0 Å². The number of hydrogen-bond donors (Lipinski definition) is 2. The molecule has 0 unspecified atom stereocenters. The minimum absolute atomic E-state index is 0.209. The number of rotatable bonds is 2. The molecule has 0 spiro atoms. The first-order valence-electron chi connectivity index (χ1n) is 5.92. The average molecular weight is 223 g/mol. The van der Waals surface area contributed by atoms with E-state index in [2.05, 4.69) is 15.8 Å². The van der Waals surface area contributed by atoms with Crippen molar-refractivity contribution in [2.24, 2.45) is 5.10 Å². The van der Waals surface area contributed by atoms with Gasteiger partial charge in [0.15, 0.2) is 0 Å². The first-order chi connectivity index (χ1) is 7.75. The van der Waals surface area contributed by atoms with Crippen molar-refractivity contribution in [2.75, 3.05) is 0 Å². The van der Waals surface area contributed by atoms with Crippen LogP contribution >= 0.6 is 0 Å². The monoisotopic (exact) mass is 223 g/mol. The molecule has 0 atom stereocenters. The van der Waals surface area contributed by atoms with Gasteiger partial charge in [0.1, 0.15) is 0 Å². The molecule has 5 heteroatoms. The molecule has 2 aliphatic rings. The van der Waals surface area contributed by atoms with Crippen LogP contribution in [0.2, 0.25) is 0 Å². The van der Waals surface area contributed by atoms with Gasteiger partial charge >= 0.3 is 11.8 Å². The molecule has 0 bridgehead atoms. The number of carbonyl (C=O) groups is 2. The maximum Gasteiger partial charge on any atom is 0.329 e. The van der Waals surface area contributed by atoms with Gasteiger partial charge in [-0.25, -0.2) is 5.43 Å². The van der Waals surface area contributed by atoms with E-state index in [1.54, 1.807) is 0 Å². The van der Waals surface area contributed by atoms with Crippen molar-refractivity contribution in [3.8, 4) is 0 Å². The lowest BCUT2D eigenvalue weighted by atomic mass is 9.99. The number of amides is 2. The van der Waals surface area contributed by atoms with E-state index in [9.17, 15) is 9.59 Å². The van der Waals surface area contributed by atoms with Crippen LogP contribution in [0.1, 0.15) is 44.9 Å². The largest absolute Gasteiger partial charge is 0.345 e. The molecule has 2 N–H and O–H groups in total. The molecule has 2 amide bonds. The van der Waals surface area contributed by atoms with E-state index < -0.39 is 11.8 Å². The summed E-state index contributed by atoms with van der Waals surface area (Å²) in [6.07, 6.45) is 7.32. The van der Waals surface area contributed by atoms with Gasteiger partial charge in [-0.1, -0.05) is 6.42 Å². The normalized spacial score (nSPS) is 20.1. The molecule has 0 radical (unpaired) electrons. The minimum atomic E-state index is -0.648. The summed E-state index contributed by atoms with van der Waals surface area (Å²) in [5.41, 5.74) is 3.32. The number of nitrogens with one attached hydrogen (secondary N) is 2. The molecule has 0 aromatic rings. The zero-order valence-electron chi connectivity index (χ0n) is 9.29. The summed E-state index contributed by atoms with van der Waals surface area (Å²) >= 11 is 0. The topological polar surface area (TPSA) is 70.6 Å². The van der Waals surface area contributed by atoms with Gasteiger partial charge < -0.3 is 5.32 Å². The van der Waals surface area contributed by atoms with Crippen LogP contribution in [-0.2, 0) is 9.59 Å². The molecule has 2 fully saturated rings. The molecule has 0 aromatic carbocycles. The first-order valence-corrected chi connectivity index (χ1v) is 5.92. The van der Waals surface area contributed by atoms with E-state index >= 15 is 0 Å². The fraction of sp³-hybridized carbons (Fsp3) is 0.727. The highest BCUT2D eigenvalue weighted by molar-refractivity contribution is 6.35. The Balaban J connectivity index is 1.74. The highest BCUT2D eigenvalue weighted by Crippen LogP contribution is 2.18. The smallest absolute Gasteiger partial charge is 0.329 e. The van der Waals surface area contributed by atoms with E-state index in [1.165, 1.54) is 6.42 Å². The predicted molar refractivity (Wildman–Crippen MR) is 59.8 cm³/mol. The molecular formula is C11H17N3O2. The Morgan fingerprint density at radius 3 is 2.38 bits per heavy atom. The Labute approximate surface area is 94.7 Å². The summed E-state index contributed by atoms with van der Waals surface area (Å²) in [5.74, 6) is -1.22. The van der Waals surface area contributed by atoms with Gasteiger partial charge in [-0.15, -0.1) is 0 Å². The van der Waals surface area contributed by atoms with Crippen LogP contribution in [0, 0.1) is 0 Å². The lowest BCUT2D eigenvalue weighted by Gasteiger charge is -2.11. The molecular weight excluding hydrogens is 206 g/mol. The van der Waals surface area contributed by atoms with Crippen LogP contribution in [0.3, 0.4) is 0 Å². The molecule has 5 nitrogen and oxygen atoms in total. The Kier molecular flexibility index (Phi) is 3.54. The van der Waals surface area contributed by atoms with E-state index in [4.69, 9.17) is 0 Å². The Morgan fingerprint density at radius 2 is 1.75 bits per heavy atom. The summed E-state index contributed by atoms with van der Waals surface area (Å²) in [4.78, 5) is 22.6. The van der Waals surface area contributed by atoms with Crippen LogP contribution in [0.5, 0.6) is 0 Å². The summed E-state index contributed by atoms with van der Waals surface area (Å²) in [7, 11) is 0. The number of hydrogen-bond acceptors (Lipinski definition) is 3. The molecule has 0 aliphatic heterocycles. The molecule has 0 saturated heterocycles. The third kappa shape index (κ3) is 3.32. The van der Waals surface area contributed by atoms with Gasteiger partial charge in [-0.05, 0) is 38.5 Å². The number of nitrogens with zero attached hydrogens (tertiary/aromatic N) is 1. The molecule has 2 aliphatic carbocycles. The third-order valence-electron chi connectivity index (χ3n) is 2.87. The lowest BCUT2D eigenvalue weighted by Crippen LogP contribution is -2.39. The predicted octanol–water partition coefficient (Wildman–Crippen LogP) is 0.701. The van der Waals surface area contributed by atoms with E-state index in [0.717, 1.165) is 44.2 Å². The third-order valence-corrected chi connectivity index (χ3v) is 2.87. The van der Waals surface area contributed by atoms with Crippen LogP contribution in [0.15, 0.2) is 5.10 Å². The van der Waals surface area contributed by atoms with Crippen molar-refractivity contribution in [3.63, 3.8) is 0 Å². The first kappa shape index (κ1) is 11.1. The van der Waals surface area contributed by atoms with Gasteiger partial charge in [-0.3, -0.25) is 9.59 Å². The van der Waals surface area contributed by atoms with Crippen LogP contribution in [0.4, 0.5) is 0 Å². The highest BCUT2D eigenvalue weighted by atomic mass is 16.2. The second-order valence-corrected chi connectivity index (χ2v) is 4.43. The van der Waals surface area contributed by atoms with E-state index in [0.29, 0.717) is 0 Å². The standard InChI is InChI=1S/C11H17N3O2/c15-10(12-8-6-7-8)11(16)14-13-9-4-2-1-3-5-9/h8H,1-7H2,(H,12,15)(H,14,16). The fourth-order valence-corrected chi connectivity index (χ4v) is 1.73. The van der Waals surface area contributed by atoms with E-state index in [1.807, 2.05) is 0 Å². The second kappa shape index (κ2) is 5.09. The molecule has 2 saturated carbocycles. The van der Waals surface area contributed by atoms with Crippen LogP contribution < -0.4 is 10.7 Å². The highest BCUT2D eigenvalue weighted by Gasteiger charge is 2.26. The summed E-state index contributed by atoms with van der Waals surface area (Å²) in [6.45, 7) is 0. The van der Waals surface area contributed by atoms with Crippen LogP contribution in [0.25, 0.3) is 0 Å². The molecule has 0 aromatic heterocycles. The molecule has 2 rings (SSSR count). The van der Waals surface area contributed by atoms with Gasteiger partial charge in [-0.2, -0.15) is 5.10 Å². The Morgan fingerprint density at radius 1 is 1.06 bits per heavy atom. The summed E-state index contributed by atoms with van der Waals surface area (Å²) < 4.78 is 0. The average Bonchev–Trinajstić information content (AvgIpc) is 3.11. The summed E-state index contributed by atoms with van der Waals surface area (Å²) in [6, 6.07) is 0.209. The Bertz CT molecular complexity index is 313. The van der Waals surface area contributed by atoms with Crippen molar-refractivity contribution in [3.05, 3.63) is 0 Å². The SMILES string of the molecule is O=C(NN=C1CCCCC1)C(=O)NC1CC1. The van der Waals surface area contributed by atoms with Crippen molar-refractivity contribution >= 4 is 17.5 Å². The molecule has 0 heterocycles. The number of carbonyl (C=O) groups excluding carboxylic acids is 2. The number of hydrazone groups is 1. The van der Waals surface area contributed by atoms with Gasteiger partial charge in [0, 0.05) is 11.8 Å². The lowest BCUT2D eigenvalue weighted by molar-refractivity contribution is -0.139. The van der Waals surface area contributed by atoms with E-state index in [-0.39, 0.29) is 6.04 Å². The van der Waals surface area contributed by atoms with Crippen LogP contribution in [-0.4, -0.2) is 23.6 Å². The maximum absolute atomic E-state index is 11.3. The second-order valence-electron chi connectivity index (χ2n) is 4.43. The molecule has 88 valence electrons.